The van der Waals surface area contributed by atoms with Crippen molar-refractivity contribution in [2.24, 2.45) is 4.99 Å². The van der Waals surface area contributed by atoms with Crippen LogP contribution in [0.4, 0.5) is 10.1 Å². The third-order valence-electron chi connectivity index (χ3n) is 4.92. The minimum Gasteiger partial charge on any atom is -0.463 e. The average Bonchev–Trinajstić information content (AvgIpc) is 2.82. The molecule has 2 aromatic rings. The highest BCUT2D eigenvalue weighted by atomic mass is 79.9. The summed E-state index contributed by atoms with van der Waals surface area (Å²) in [6.45, 7) is 8.41. The number of halogens is 2. The Bertz CT molecular complexity index is 1000. The summed E-state index contributed by atoms with van der Waals surface area (Å²) in [6.07, 6.45) is 0. The Morgan fingerprint density at radius 3 is 2.59 bits per heavy atom. The Labute approximate surface area is 179 Å². The van der Waals surface area contributed by atoms with Crippen LogP contribution in [0.25, 0.3) is 0 Å². The van der Waals surface area contributed by atoms with Gasteiger partial charge in [0.2, 0.25) is 0 Å². The summed E-state index contributed by atoms with van der Waals surface area (Å²) in [4.78, 5) is 19.5. The van der Waals surface area contributed by atoms with Gasteiger partial charge in [0, 0.05) is 22.1 Å². The second-order valence-electron chi connectivity index (χ2n) is 6.77. The highest BCUT2D eigenvalue weighted by Gasteiger charge is 2.30. The van der Waals surface area contributed by atoms with Gasteiger partial charge >= 0.3 is 5.97 Å². The van der Waals surface area contributed by atoms with Crippen molar-refractivity contribution in [3.8, 4) is 0 Å². The van der Waals surface area contributed by atoms with Crippen molar-refractivity contribution in [2.45, 2.75) is 33.7 Å². The molecule has 0 aliphatic carbocycles. The first-order chi connectivity index (χ1) is 13.9. The van der Waals surface area contributed by atoms with Crippen molar-refractivity contribution in [2.75, 3.05) is 18.1 Å². The van der Waals surface area contributed by atoms with Crippen molar-refractivity contribution in [1.29, 1.82) is 0 Å². The lowest BCUT2D eigenvalue weighted by Crippen LogP contribution is -2.30. The van der Waals surface area contributed by atoms with Gasteiger partial charge in [-0.05, 0) is 58.0 Å². The standard InChI is InChI=1S/C23H24BrFN2O2/c1-5-27-20-12-11-16(24)13-18(20)21(17-9-7-8-10-19(17)25)26-15(4)22(27)14(3)23(28)29-6-2/h7-13,15H,5-6H2,1-4H3/b22-14+/t15-/m0/s1. The molecule has 0 aromatic heterocycles. The van der Waals surface area contributed by atoms with Crippen molar-refractivity contribution in [3.05, 3.63) is 75.2 Å². The molecule has 0 saturated carbocycles. The van der Waals surface area contributed by atoms with Crippen molar-refractivity contribution in [3.63, 3.8) is 0 Å². The molecule has 0 fully saturated rings. The molecular formula is C23H24BrFN2O2. The van der Waals surface area contributed by atoms with Crippen molar-refractivity contribution >= 4 is 33.3 Å². The Morgan fingerprint density at radius 2 is 1.93 bits per heavy atom. The molecule has 152 valence electrons. The van der Waals surface area contributed by atoms with Crippen LogP contribution >= 0.6 is 15.9 Å². The molecule has 0 N–H and O–H groups in total. The van der Waals surface area contributed by atoms with Crippen molar-refractivity contribution in [1.82, 2.24) is 0 Å². The third kappa shape index (κ3) is 4.13. The predicted molar refractivity (Wildman–Crippen MR) is 118 cm³/mol. The van der Waals surface area contributed by atoms with Crippen LogP contribution in [0.2, 0.25) is 0 Å². The first kappa shape index (κ1) is 21.2. The number of fused-ring (bicyclic) bond motifs is 1. The number of benzodiazepines with no additional fused rings is 1. The van der Waals surface area contributed by atoms with Crippen molar-refractivity contribution < 1.29 is 13.9 Å². The lowest BCUT2D eigenvalue weighted by atomic mass is 9.99. The molecule has 0 radical (unpaired) electrons. The van der Waals surface area contributed by atoms with Crippen LogP contribution in [-0.2, 0) is 9.53 Å². The number of carbonyl (C=O) groups is 1. The predicted octanol–water partition coefficient (Wildman–Crippen LogP) is 5.49. The molecule has 29 heavy (non-hydrogen) atoms. The highest BCUT2D eigenvalue weighted by Crippen LogP contribution is 2.36. The maximum Gasteiger partial charge on any atom is 0.335 e. The third-order valence-corrected chi connectivity index (χ3v) is 5.42. The summed E-state index contributed by atoms with van der Waals surface area (Å²) in [5.74, 6) is -0.696. The van der Waals surface area contributed by atoms with Gasteiger partial charge in [0.25, 0.3) is 0 Å². The number of anilines is 1. The zero-order valence-electron chi connectivity index (χ0n) is 17.0. The number of rotatable bonds is 4. The number of esters is 1. The monoisotopic (exact) mass is 458 g/mol. The van der Waals surface area contributed by atoms with E-state index >= 15 is 0 Å². The number of hydrogen-bond donors (Lipinski definition) is 0. The van der Waals surface area contributed by atoms with Gasteiger partial charge in [-0.15, -0.1) is 0 Å². The molecule has 0 spiro atoms. The first-order valence-electron chi connectivity index (χ1n) is 9.67. The molecule has 0 amide bonds. The number of ether oxygens (including phenoxy) is 1. The molecular weight excluding hydrogens is 435 g/mol. The highest BCUT2D eigenvalue weighted by molar-refractivity contribution is 9.10. The molecule has 0 unspecified atom stereocenters. The minimum atomic E-state index is -0.365. The van der Waals surface area contributed by atoms with Gasteiger partial charge in [-0.2, -0.15) is 0 Å². The molecule has 0 saturated heterocycles. The topological polar surface area (TPSA) is 41.9 Å². The SMILES string of the molecule is CCOC(=O)/C(C)=C1\[C@H](C)N=C(c2ccccc2F)c2cc(Br)ccc2N1CC. The van der Waals surface area contributed by atoms with E-state index in [2.05, 4.69) is 20.8 Å². The quantitative estimate of drug-likeness (QED) is 0.449. The molecule has 1 aliphatic rings. The van der Waals surface area contributed by atoms with Crippen LogP contribution in [-0.4, -0.2) is 30.9 Å². The normalized spacial score (nSPS) is 17.9. The second kappa shape index (κ2) is 8.91. The summed E-state index contributed by atoms with van der Waals surface area (Å²) >= 11 is 3.53. The Morgan fingerprint density at radius 1 is 1.21 bits per heavy atom. The first-order valence-corrected chi connectivity index (χ1v) is 10.5. The van der Waals surface area contributed by atoms with E-state index in [1.807, 2.05) is 32.0 Å². The molecule has 4 nitrogen and oxygen atoms in total. The fourth-order valence-corrected chi connectivity index (χ4v) is 4.04. The van der Waals surface area contributed by atoms with E-state index < -0.39 is 0 Å². The Hall–Kier alpha value is -2.47. The summed E-state index contributed by atoms with van der Waals surface area (Å²) in [5, 5.41) is 0. The van der Waals surface area contributed by atoms with Crippen LogP contribution in [0.3, 0.4) is 0 Å². The molecule has 1 aliphatic heterocycles. The number of aliphatic imine (C=N–C) groups is 1. The molecule has 1 heterocycles. The van der Waals surface area contributed by atoms with E-state index in [1.165, 1.54) is 6.07 Å². The zero-order chi connectivity index (χ0) is 21.1. The maximum atomic E-state index is 14.7. The van der Waals surface area contributed by atoms with Crippen LogP contribution in [0, 0.1) is 5.82 Å². The van der Waals surface area contributed by atoms with Crippen LogP contribution in [0.15, 0.2) is 63.2 Å². The van der Waals surface area contributed by atoms with Gasteiger partial charge in [-0.1, -0.05) is 28.1 Å². The number of hydrogen-bond acceptors (Lipinski definition) is 4. The molecule has 6 heteroatoms. The number of carbonyl (C=O) groups excluding carboxylic acids is 1. The van der Waals surface area contributed by atoms with Gasteiger partial charge in [0.15, 0.2) is 0 Å². The van der Waals surface area contributed by atoms with E-state index in [-0.39, 0.29) is 17.8 Å². The summed E-state index contributed by atoms with van der Waals surface area (Å²) in [6, 6.07) is 12.1. The molecule has 2 aromatic carbocycles. The maximum absolute atomic E-state index is 14.7. The molecule has 3 rings (SSSR count). The summed E-state index contributed by atoms with van der Waals surface area (Å²) in [5.41, 5.74) is 3.96. The molecule has 0 bridgehead atoms. The van der Waals surface area contributed by atoms with Crippen LogP contribution in [0.1, 0.15) is 38.8 Å². The Balaban J connectivity index is 2.32. The fraction of sp³-hybridized carbons (Fsp3) is 0.304. The number of likely N-dealkylation sites (N-methyl/N-ethyl adjacent to an activating group) is 1. The van der Waals surface area contributed by atoms with E-state index in [0.29, 0.717) is 30.0 Å². The largest absolute Gasteiger partial charge is 0.463 e. The number of benzene rings is 2. The van der Waals surface area contributed by atoms with Crippen LogP contribution in [0.5, 0.6) is 0 Å². The van der Waals surface area contributed by atoms with Gasteiger partial charge < -0.3 is 9.64 Å². The van der Waals surface area contributed by atoms with Gasteiger partial charge in [0.05, 0.1) is 35.3 Å². The van der Waals surface area contributed by atoms with Gasteiger partial charge in [0.1, 0.15) is 5.82 Å². The summed E-state index contributed by atoms with van der Waals surface area (Å²) in [7, 11) is 0. The zero-order valence-corrected chi connectivity index (χ0v) is 18.6. The van der Waals surface area contributed by atoms with E-state index in [4.69, 9.17) is 9.73 Å². The average molecular weight is 459 g/mol. The Kier molecular flexibility index (Phi) is 6.52. The van der Waals surface area contributed by atoms with Gasteiger partial charge in [-0.3, -0.25) is 4.99 Å². The van der Waals surface area contributed by atoms with E-state index in [1.54, 1.807) is 32.0 Å². The second-order valence-corrected chi connectivity index (χ2v) is 7.69. The number of nitrogens with zero attached hydrogens (tertiary/aromatic N) is 2. The lowest BCUT2D eigenvalue weighted by Gasteiger charge is -2.29. The summed E-state index contributed by atoms with van der Waals surface area (Å²) < 4.78 is 20.8. The fourth-order valence-electron chi connectivity index (χ4n) is 3.68. The lowest BCUT2D eigenvalue weighted by molar-refractivity contribution is -0.138. The minimum absolute atomic E-state index is 0.303. The smallest absolute Gasteiger partial charge is 0.335 e. The molecule has 1 atom stereocenters. The van der Waals surface area contributed by atoms with E-state index in [9.17, 15) is 9.18 Å². The van der Waals surface area contributed by atoms with E-state index in [0.717, 1.165) is 21.4 Å². The van der Waals surface area contributed by atoms with Crippen LogP contribution < -0.4 is 4.90 Å². The van der Waals surface area contributed by atoms with Gasteiger partial charge in [-0.25, -0.2) is 9.18 Å².